The molecule has 0 heterocycles. The Balaban J connectivity index is 2.38. The number of ether oxygens (including phenoxy) is 1. The summed E-state index contributed by atoms with van der Waals surface area (Å²) in [4.78, 5) is 0. The van der Waals surface area contributed by atoms with E-state index in [0.29, 0.717) is 11.3 Å². The summed E-state index contributed by atoms with van der Waals surface area (Å²) >= 11 is 6.92. The molecule has 0 radical (unpaired) electrons. The highest BCUT2D eigenvalue weighted by atomic mass is 79.9. The maximum atomic E-state index is 9.22. The van der Waals surface area contributed by atoms with Crippen molar-refractivity contribution in [3.63, 3.8) is 0 Å². The highest BCUT2D eigenvalue weighted by Gasteiger charge is 2.08. The van der Waals surface area contributed by atoms with E-state index in [1.54, 1.807) is 0 Å². The van der Waals surface area contributed by atoms with Gasteiger partial charge in [-0.2, -0.15) is 5.26 Å². The number of benzene rings is 2. The van der Waals surface area contributed by atoms with Gasteiger partial charge in [-0.25, -0.2) is 0 Å². The summed E-state index contributed by atoms with van der Waals surface area (Å²) in [7, 11) is 0. The normalized spacial score (nSPS) is 10.2. The summed E-state index contributed by atoms with van der Waals surface area (Å²) < 4.78 is 6.94. The number of nitriles is 1. The fourth-order valence-electron chi connectivity index (χ4n) is 1.93. The minimum atomic E-state index is 0.542. The zero-order valence-electron chi connectivity index (χ0n) is 11.2. The summed E-state index contributed by atoms with van der Waals surface area (Å²) in [6.45, 7) is 4.03. The van der Waals surface area contributed by atoms with Gasteiger partial charge in [0.15, 0.2) is 0 Å². The van der Waals surface area contributed by atoms with Gasteiger partial charge < -0.3 is 4.74 Å². The van der Waals surface area contributed by atoms with E-state index in [0.717, 1.165) is 32.2 Å². The predicted molar refractivity (Wildman–Crippen MR) is 87.5 cm³/mol. The largest absolute Gasteiger partial charge is 0.456 e. The monoisotopic (exact) mass is 393 g/mol. The first-order valence-electron chi connectivity index (χ1n) is 6.08. The van der Waals surface area contributed by atoms with Gasteiger partial charge in [-0.05, 0) is 54.8 Å². The first kappa shape index (κ1) is 15.1. The van der Waals surface area contributed by atoms with Crippen molar-refractivity contribution in [1.82, 2.24) is 0 Å². The highest BCUT2D eigenvalue weighted by molar-refractivity contribution is 9.10. The quantitative estimate of drug-likeness (QED) is 0.632. The van der Waals surface area contributed by atoms with Crippen LogP contribution in [-0.2, 0) is 5.33 Å². The number of aryl methyl sites for hydroxylation is 2. The van der Waals surface area contributed by atoms with Crippen LogP contribution in [0, 0.1) is 25.2 Å². The Bertz CT molecular complexity index is 666. The van der Waals surface area contributed by atoms with Gasteiger partial charge in [0.2, 0.25) is 0 Å². The number of alkyl halides is 1. The minimum Gasteiger partial charge on any atom is -0.456 e. The molecule has 2 aromatic rings. The second-order valence-corrected chi connectivity index (χ2v) is 5.90. The van der Waals surface area contributed by atoms with Gasteiger partial charge in [-0.15, -0.1) is 0 Å². The molecular weight excluding hydrogens is 382 g/mol. The van der Waals surface area contributed by atoms with Gasteiger partial charge in [0.05, 0.1) is 5.56 Å². The zero-order valence-corrected chi connectivity index (χ0v) is 14.4. The molecule has 0 aliphatic heterocycles. The molecule has 0 saturated heterocycles. The van der Waals surface area contributed by atoms with E-state index in [1.165, 1.54) is 0 Å². The topological polar surface area (TPSA) is 33.0 Å². The SMILES string of the molecule is Cc1cc(Oc2ccc(CBr)cc2C#N)cc(C)c1Br. The van der Waals surface area contributed by atoms with E-state index in [4.69, 9.17) is 4.74 Å². The van der Waals surface area contributed by atoms with Crippen molar-refractivity contribution >= 4 is 31.9 Å². The average Bonchev–Trinajstić information content (AvgIpc) is 2.45. The van der Waals surface area contributed by atoms with Crippen molar-refractivity contribution in [3.8, 4) is 17.6 Å². The molecular formula is C16H13Br2NO. The van der Waals surface area contributed by atoms with E-state index in [1.807, 2.05) is 44.2 Å². The Morgan fingerprint density at radius 3 is 2.35 bits per heavy atom. The number of halogens is 2. The van der Waals surface area contributed by atoms with Gasteiger partial charge in [-0.1, -0.05) is 37.9 Å². The van der Waals surface area contributed by atoms with Crippen LogP contribution in [0.1, 0.15) is 22.3 Å². The Morgan fingerprint density at radius 2 is 1.80 bits per heavy atom. The molecule has 2 nitrogen and oxygen atoms in total. The molecule has 0 aliphatic carbocycles. The lowest BCUT2D eigenvalue weighted by atomic mass is 10.1. The van der Waals surface area contributed by atoms with Gasteiger partial charge in [0.1, 0.15) is 17.6 Å². The maximum Gasteiger partial charge on any atom is 0.145 e. The smallest absolute Gasteiger partial charge is 0.145 e. The van der Waals surface area contributed by atoms with Crippen LogP contribution in [0.4, 0.5) is 0 Å². The summed E-state index contributed by atoms with van der Waals surface area (Å²) in [5.74, 6) is 1.32. The van der Waals surface area contributed by atoms with E-state index in [9.17, 15) is 5.26 Å². The Kier molecular flexibility index (Phi) is 4.85. The van der Waals surface area contributed by atoms with Crippen molar-refractivity contribution in [2.75, 3.05) is 0 Å². The summed E-state index contributed by atoms with van der Waals surface area (Å²) in [6.07, 6.45) is 0. The lowest BCUT2D eigenvalue weighted by Crippen LogP contribution is -1.92. The predicted octanol–water partition coefficient (Wildman–Crippen LogP) is 5.62. The number of hydrogen-bond donors (Lipinski definition) is 0. The summed E-state index contributed by atoms with van der Waals surface area (Å²) in [5.41, 5.74) is 3.81. The molecule has 20 heavy (non-hydrogen) atoms. The Morgan fingerprint density at radius 1 is 1.15 bits per heavy atom. The van der Waals surface area contributed by atoms with Gasteiger partial charge >= 0.3 is 0 Å². The van der Waals surface area contributed by atoms with Gasteiger partial charge in [0.25, 0.3) is 0 Å². The van der Waals surface area contributed by atoms with Crippen molar-refractivity contribution in [2.24, 2.45) is 0 Å². The molecule has 0 aliphatic rings. The molecule has 0 N–H and O–H groups in total. The first-order valence-corrected chi connectivity index (χ1v) is 8.00. The van der Waals surface area contributed by atoms with Crippen LogP contribution in [-0.4, -0.2) is 0 Å². The lowest BCUT2D eigenvalue weighted by Gasteiger charge is -2.11. The number of rotatable bonds is 3. The standard InChI is InChI=1S/C16H13Br2NO/c1-10-5-14(6-11(2)16(10)18)20-15-4-3-12(8-17)7-13(15)9-19/h3-7H,8H2,1-2H3. The maximum absolute atomic E-state index is 9.22. The average molecular weight is 395 g/mol. The van der Waals surface area contributed by atoms with Crippen LogP contribution in [0.3, 0.4) is 0 Å². The second kappa shape index (κ2) is 6.43. The molecule has 0 fully saturated rings. The molecule has 0 amide bonds. The second-order valence-electron chi connectivity index (χ2n) is 4.55. The van der Waals surface area contributed by atoms with Crippen molar-refractivity contribution in [2.45, 2.75) is 19.2 Å². The van der Waals surface area contributed by atoms with E-state index in [2.05, 4.69) is 37.9 Å². The number of nitrogens with zero attached hydrogens (tertiary/aromatic N) is 1. The van der Waals surface area contributed by atoms with Gasteiger partial charge in [0, 0.05) is 9.80 Å². The third kappa shape index (κ3) is 3.23. The van der Waals surface area contributed by atoms with Crippen LogP contribution < -0.4 is 4.74 Å². The van der Waals surface area contributed by atoms with E-state index < -0.39 is 0 Å². The molecule has 102 valence electrons. The first-order chi connectivity index (χ1) is 9.55. The fraction of sp³-hybridized carbons (Fsp3) is 0.188. The molecule has 0 spiro atoms. The molecule has 2 aromatic carbocycles. The van der Waals surface area contributed by atoms with Crippen molar-refractivity contribution < 1.29 is 4.74 Å². The number of hydrogen-bond acceptors (Lipinski definition) is 2. The summed E-state index contributed by atoms with van der Waals surface area (Å²) in [6, 6.07) is 11.7. The third-order valence-electron chi connectivity index (χ3n) is 2.96. The molecule has 0 bridgehead atoms. The van der Waals surface area contributed by atoms with E-state index in [-0.39, 0.29) is 0 Å². The van der Waals surface area contributed by atoms with Crippen LogP contribution in [0.25, 0.3) is 0 Å². The van der Waals surface area contributed by atoms with E-state index >= 15 is 0 Å². The zero-order chi connectivity index (χ0) is 14.7. The van der Waals surface area contributed by atoms with Crippen LogP contribution >= 0.6 is 31.9 Å². The molecule has 4 heteroatoms. The third-order valence-corrected chi connectivity index (χ3v) is 4.85. The van der Waals surface area contributed by atoms with Gasteiger partial charge in [-0.3, -0.25) is 0 Å². The highest BCUT2D eigenvalue weighted by Crippen LogP contribution is 2.31. The van der Waals surface area contributed by atoms with Crippen molar-refractivity contribution in [1.29, 1.82) is 5.26 Å². The molecule has 0 atom stereocenters. The molecule has 2 rings (SSSR count). The Hall–Kier alpha value is -1.31. The minimum absolute atomic E-state index is 0.542. The lowest BCUT2D eigenvalue weighted by molar-refractivity contribution is 0.480. The molecule has 0 aromatic heterocycles. The van der Waals surface area contributed by atoms with Crippen LogP contribution in [0.15, 0.2) is 34.8 Å². The van der Waals surface area contributed by atoms with Crippen molar-refractivity contribution in [3.05, 3.63) is 57.1 Å². The molecule has 0 saturated carbocycles. The fourth-order valence-corrected chi connectivity index (χ4v) is 2.51. The van der Waals surface area contributed by atoms with Crippen LogP contribution in [0.2, 0.25) is 0 Å². The molecule has 0 unspecified atom stereocenters. The van der Waals surface area contributed by atoms with Crippen LogP contribution in [0.5, 0.6) is 11.5 Å². The summed E-state index contributed by atoms with van der Waals surface area (Å²) in [5, 5.41) is 9.94. The Labute approximate surface area is 135 Å².